The minimum absolute atomic E-state index is 0.102. The third-order valence-electron chi connectivity index (χ3n) is 4.64. The number of rotatable bonds is 4. The first-order valence-corrected chi connectivity index (χ1v) is 8.55. The summed E-state index contributed by atoms with van der Waals surface area (Å²) in [7, 11) is 0. The van der Waals surface area contributed by atoms with Crippen LogP contribution in [-0.4, -0.2) is 26.8 Å². The van der Waals surface area contributed by atoms with E-state index in [1.807, 2.05) is 42.5 Å². The fraction of sp³-hybridized carbons (Fsp3) is 0.211. The molecule has 7 heteroatoms. The number of carbonyl (C=O) groups is 1. The van der Waals surface area contributed by atoms with Crippen LogP contribution in [0, 0.1) is 5.92 Å². The van der Waals surface area contributed by atoms with Gasteiger partial charge in [0, 0.05) is 24.5 Å². The van der Waals surface area contributed by atoms with Crippen molar-refractivity contribution in [2.24, 2.45) is 5.92 Å². The number of benzene rings is 1. The number of hydrazine groups is 1. The topological polar surface area (TPSA) is 83.9 Å². The van der Waals surface area contributed by atoms with E-state index >= 15 is 0 Å². The third kappa shape index (κ3) is 3.22. The molecule has 2 aromatic heterocycles. The van der Waals surface area contributed by atoms with Crippen LogP contribution in [0.1, 0.15) is 29.0 Å². The zero-order valence-electron chi connectivity index (χ0n) is 14.3. The highest BCUT2D eigenvalue weighted by Crippen LogP contribution is 2.26. The Morgan fingerprint density at radius 2 is 1.85 bits per heavy atom. The summed E-state index contributed by atoms with van der Waals surface area (Å²) in [4.78, 5) is 16.6. The van der Waals surface area contributed by atoms with E-state index < -0.39 is 0 Å². The lowest BCUT2D eigenvalue weighted by atomic mass is 9.95. The maximum atomic E-state index is 12.6. The third-order valence-corrected chi connectivity index (χ3v) is 4.64. The molecule has 0 radical (unpaired) electrons. The Morgan fingerprint density at radius 3 is 2.62 bits per heavy atom. The molecule has 132 valence electrons. The van der Waals surface area contributed by atoms with Gasteiger partial charge in [-0.1, -0.05) is 25.1 Å². The molecule has 3 N–H and O–H groups in total. The molecular weight excluding hydrogens is 328 g/mol. The molecule has 1 aliphatic heterocycles. The number of amides is 1. The molecule has 1 aliphatic rings. The number of para-hydroxylation sites is 1. The average molecular weight is 348 g/mol. The van der Waals surface area contributed by atoms with Gasteiger partial charge in [-0.2, -0.15) is 5.10 Å². The van der Waals surface area contributed by atoms with E-state index in [0.717, 1.165) is 11.3 Å². The Morgan fingerprint density at radius 1 is 1.08 bits per heavy atom. The summed E-state index contributed by atoms with van der Waals surface area (Å²) in [5.41, 5.74) is 8.83. The van der Waals surface area contributed by atoms with Gasteiger partial charge in [0.15, 0.2) is 5.69 Å². The largest absolute Gasteiger partial charge is 0.334 e. The molecule has 7 nitrogen and oxygen atoms in total. The number of pyridine rings is 1. The standard InChI is InChI=1S/C19H20N6O/c1-13-17(14-7-10-20-11-8-14)22-23-18(13)21-19(26)16-9-12-25(24-16)15-5-3-2-4-6-15/h2-13,17-18,22-23H,1H3,(H,21,26). The molecule has 0 saturated carbocycles. The zero-order chi connectivity index (χ0) is 17.9. The van der Waals surface area contributed by atoms with Gasteiger partial charge in [-0.3, -0.25) is 9.78 Å². The van der Waals surface area contributed by atoms with E-state index in [4.69, 9.17) is 0 Å². The van der Waals surface area contributed by atoms with Gasteiger partial charge >= 0.3 is 0 Å². The predicted molar refractivity (Wildman–Crippen MR) is 97.2 cm³/mol. The molecule has 3 aromatic rings. The lowest BCUT2D eigenvalue weighted by molar-refractivity contribution is 0.0917. The van der Waals surface area contributed by atoms with Crippen molar-refractivity contribution in [2.75, 3.05) is 0 Å². The summed E-state index contributed by atoms with van der Waals surface area (Å²) in [6.07, 6.45) is 5.13. The highest BCUT2D eigenvalue weighted by atomic mass is 16.2. The van der Waals surface area contributed by atoms with Crippen molar-refractivity contribution in [1.82, 2.24) is 30.9 Å². The highest BCUT2D eigenvalue weighted by molar-refractivity contribution is 5.92. The van der Waals surface area contributed by atoms with Crippen molar-refractivity contribution >= 4 is 5.91 Å². The summed E-state index contributed by atoms with van der Waals surface area (Å²) in [5, 5.41) is 7.38. The van der Waals surface area contributed by atoms with Gasteiger partial charge in [0.05, 0.1) is 17.9 Å². The molecule has 1 saturated heterocycles. The molecule has 3 atom stereocenters. The zero-order valence-corrected chi connectivity index (χ0v) is 14.3. The first-order chi connectivity index (χ1) is 12.7. The molecule has 3 heterocycles. The number of hydrogen-bond acceptors (Lipinski definition) is 5. The summed E-state index contributed by atoms with van der Waals surface area (Å²) >= 11 is 0. The normalized spacial score (nSPS) is 22.3. The smallest absolute Gasteiger partial charge is 0.273 e. The van der Waals surface area contributed by atoms with Crippen LogP contribution < -0.4 is 16.2 Å². The quantitative estimate of drug-likeness (QED) is 0.670. The monoisotopic (exact) mass is 348 g/mol. The van der Waals surface area contributed by atoms with Crippen LogP contribution in [0.3, 0.4) is 0 Å². The minimum atomic E-state index is -0.207. The van der Waals surface area contributed by atoms with Crippen LogP contribution in [0.15, 0.2) is 67.1 Å². The SMILES string of the molecule is CC1C(NC(=O)c2ccn(-c3ccccc3)n2)NNC1c1ccncc1. The molecular formula is C19H20N6O. The molecule has 26 heavy (non-hydrogen) atoms. The van der Waals surface area contributed by atoms with Crippen molar-refractivity contribution in [2.45, 2.75) is 19.1 Å². The Balaban J connectivity index is 1.43. The molecule has 4 rings (SSSR count). The second-order valence-corrected chi connectivity index (χ2v) is 6.34. The molecule has 1 fully saturated rings. The molecule has 1 aromatic carbocycles. The number of nitrogens with one attached hydrogen (secondary N) is 3. The van der Waals surface area contributed by atoms with E-state index in [-0.39, 0.29) is 24.0 Å². The Hall–Kier alpha value is -3.03. The molecule has 1 amide bonds. The lowest BCUT2D eigenvalue weighted by Gasteiger charge is -2.19. The van der Waals surface area contributed by atoms with E-state index in [9.17, 15) is 4.79 Å². The maximum Gasteiger partial charge on any atom is 0.273 e. The van der Waals surface area contributed by atoms with Gasteiger partial charge in [0.25, 0.3) is 5.91 Å². The fourth-order valence-corrected chi connectivity index (χ4v) is 3.14. The van der Waals surface area contributed by atoms with Gasteiger partial charge in [-0.15, -0.1) is 0 Å². The van der Waals surface area contributed by atoms with Crippen molar-refractivity contribution < 1.29 is 4.79 Å². The fourth-order valence-electron chi connectivity index (χ4n) is 3.14. The number of aromatic nitrogens is 3. The Kier molecular flexibility index (Phi) is 4.47. The minimum Gasteiger partial charge on any atom is -0.334 e. The van der Waals surface area contributed by atoms with Crippen molar-refractivity contribution in [3.8, 4) is 5.69 Å². The van der Waals surface area contributed by atoms with E-state index in [1.165, 1.54) is 0 Å². The van der Waals surface area contributed by atoms with Crippen LogP contribution >= 0.6 is 0 Å². The molecule has 0 aliphatic carbocycles. The van der Waals surface area contributed by atoms with Crippen LogP contribution in [-0.2, 0) is 0 Å². The van der Waals surface area contributed by atoms with Crippen LogP contribution in [0.4, 0.5) is 0 Å². The molecule has 3 unspecified atom stereocenters. The van der Waals surface area contributed by atoms with Crippen molar-refractivity contribution in [3.05, 3.63) is 78.4 Å². The van der Waals surface area contributed by atoms with Crippen molar-refractivity contribution in [1.29, 1.82) is 0 Å². The summed E-state index contributed by atoms with van der Waals surface area (Å²) in [6, 6.07) is 15.5. The second-order valence-electron chi connectivity index (χ2n) is 6.34. The van der Waals surface area contributed by atoms with Crippen LogP contribution in [0.2, 0.25) is 0 Å². The first kappa shape index (κ1) is 16.4. The van der Waals surface area contributed by atoms with Gasteiger partial charge in [-0.25, -0.2) is 15.5 Å². The van der Waals surface area contributed by atoms with Gasteiger partial charge < -0.3 is 5.32 Å². The second kappa shape index (κ2) is 7.07. The molecule has 0 bridgehead atoms. The van der Waals surface area contributed by atoms with Gasteiger partial charge in [0.1, 0.15) is 0 Å². The predicted octanol–water partition coefficient (Wildman–Crippen LogP) is 1.81. The summed E-state index contributed by atoms with van der Waals surface area (Å²) in [6.45, 7) is 2.09. The lowest BCUT2D eigenvalue weighted by Crippen LogP contribution is -2.46. The summed E-state index contributed by atoms with van der Waals surface area (Å²) < 4.78 is 1.69. The first-order valence-electron chi connectivity index (χ1n) is 8.55. The number of nitrogens with zero attached hydrogens (tertiary/aromatic N) is 3. The van der Waals surface area contributed by atoms with Crippen molar-refractivity contribution in [3.63, 3.8) is 0 Å². The van der Waals surface area contributed by atoms with Gasteiger partial charge in [-0.05, 0) is 35.9 Å². The average Bonchev–Trinajstić information content (AvgIpc) is 3.31. The molecule has 0 spiro atoms. The van der Waals surface area contributed by atoms with E-state index in [0.29, 0.717) is 5.69 Å². The number of carbonyl (C=O) groups excluding carboxylic acids is 1. The summed E-state index contributed by atoms with van der Waals surface area (Å²) in [5.74, 6) is -0.0428. The Bertz CT molecular complexity index is 879. The van der Waals surface area contributed by atoms with Gasteiger partial charge in [0.2, 0.25) is 0 Å². The van der Waals surface area contributed by atoms with Crippen LogP contribution in [0.5, 0.6) is 0 Å². The van der Waals surface area contributed by atoms with E-state index in [2.05, 4.69) is 33.2 Å². The maximum absolute atomic E-state index is 12.6. The van der Waals surface area contributed by atoms with Crippen LogP contribution in [0.25, 0.3) is 5.69 Å². The number of hydrogen-bond donors (Lipinski definition) is 3. The van der Waals surface area contributed by atoms with E-state index in [1.54, 1.807) is 29.3 Å². The highest BCUT2D eigenvalue weighted by Gasteiger charge is 2.34. The Labute approximate surface area is 151 Å².